The normalized spacial score (nSPS) is 28.6. The van der Waals surface area contributed by atoms with Gasteiger partial charge in [-0.05, 0) is 25.3 Å². The number of benzene rings is 1. The number of Topliss-reactive ketones (excluding diaryl/α,β-unsaturated/α-hetero) is 1. The zero-order valence-electron chi connectivity index (χ0n) is 9.37. The number of fused-ring (bicyclic) bond motifs is 2. The van der Waals surface area contributed by atoms with Crippen molar-refractivity contribution in [3.05, 3.63) is 29.8 Å². The highest BCUT2D eigenvalue weighted by Crippen LogP contribution is 2.46. The third-order valence-electron chi connectivity index (χ3n) is 3.94. The predicted octanol–water partition coefficient (Wildman–Crippen LogP) is 2.85. The molecular formula is C14H16O2. The van der Waals surface area contributed by atoms with Crippen LogP contribution in [0, 0.1) is 0 Å². The van der Waals surface area contributed by atoms with Gasteiger partial charge in [-0.25, -0.2) is 0 Å². The molecule has 1 aliphatic carbocycles. The lowest BCUT2D eigenvalue weighted by atomic mass is 9.66. The van der Waals surface area contributed by atoms with E-state index < -0.39 is 0 Å². The summed E-state index contributed by atoms with van der Waals surface area (Å²) in [5.41, 5.74) is 1.35. The Morgan fingerprint density at radius 3 is 2.94 bits per heavy atom. The second-order valence-corrected chi connectivity index (χ2v) is 4.94. The van der Waals surface area contributed by atoms with Gasteiger partial charge in [0.15, 0.2) is 0 Å². The number of hydrogen-bond donors (Lipinski definition) is 0. The van der Waals surface area contributed by atoms with Crippen molar-refractivity contribution in [2.75, 3.05) is 6.61 Å². The molecule has 2 heteroatoms. The van der Waals surface area contributed by atoms with Crippen LogP contribution in [0.15, 0.2) is 24.3 Å². The Morgan fingerprint density at radius 2 is 2.06 bits per heavy atom. The molecule has 1 aromatic carbocycles. The fraction of sp³-hybridized carbons (Fsp3) is 0.500. The summed E-state index contributed by atoms with van der Waals surface area (Å²) in [6.07, 6.45) is 4.65. The highest BCUT2D eigenvalue weighted by Gasteiger charge is 2.41. The van der Waals surface area contributed by atoms with E-state index in [1.54, 1.807) is 0 Å². The zero-order chi connectivity index (χ0) is 11.0. The molecule has 1 atom stereocenters. The standard InChI is InChI=1S/C14H16O2/c15-11-4-3-7-14(10-11)8-9-16-13-6-2-1-5-12(13)14/h1-2,5-6H,3-4,7-10H2. The number of carbonyl (C=O) groups is 1. The fourth-order valence-corrected chi connectivity index (χ4v) is 3.14. The van der Waals surface area contributed by atoms with Crippen molar-refractivity contribution in [3.8, 4) is 5.75 Å². The van der Waals surface area contributed by atoms with Crippen LogP contribution in [0.4, 0.5) is 0 Å². The van der Waals surface area contributed by atoms with E-state index in [9.17, 15) is 4.79 Å². The van der Waals surface area contributed by atoms with Crippen LogP contribution < -0.4 is 4.74 Å². The summed E-state index contributed by atoms with van der Waals surface area (Å²) in [6, 6.07) is 8.21. The Bertz CT molecular complexity index is 424. The van der Waals surface area contributed by atoms with Crippen LogP contribution in [0.1, 0.15) is 37.7 Å². The van der Waals surface area contributed by atoms with Gasteiger partial charge >= 0.3 is 0 Å². The highest BCUT2D eigenvalue weighted by atomic mass is 16.5. The van der Waals surface area contributed by atoms with Crippen molar-refractivity contribution in [1.82, 2.24) is 0 Å². The maximum atomic E-state index is 11.7. The van der Waals surface area contributed by atoms with Crippen LogP contribution in [0.3, 0.4) is 0 Å². The molecule has 1 aromatic rings. The van der Waals surface area contributed by atoms with Crippen LogP contribution in [-0.2, 0) is 10.2 Å². The molecule has 0 radical (unpaired) electrons. The third kappa shape index (κ3) is 1.44. The summed E-state index contributed by atoms with van der Waals surface area (Å²) < 4.78 is 5.67. The average molecular weight is 216 g/mol. The van der Waals surface area contributed by atoms with Gasteiger partial charge in [0.25, 0.3) is 0 Å². The molecular weight excluding hydrogens is 200 g/mol. The SMILES string of the molecule is O=C1CCCC2(CCOc3ccccc32)C1. The molecule has 1 heterocycles. The molecule has 0 bridgehead atoms. The van der Waals surface area contributed by atoms with Crippen LogP contribution in [0.25, 0.3) is 0 Å². The topological polar surface area (TPSA) is 26.3 Å². The van der Waals surface area contributed by atoms with Gasteiger partial charge in [0.05, 0.1) is 6.61 Å². The monoisotopic (exact) mass is 216 g/mol. The van der Waals surface area contributed by atoms with Crippen LogP contribution in [-0.4, -0.2) is 12.4 Å². The molecule has 2 nitrogen and oxygen atoms in total. The second kappa shape index (κ2) is 3.62. The first kappa shape index (κ1) is 9.88. The Labute approximate surface area is 95.6 Å². The molecule has 16 heavy (non-hydrogen) atoms. The predicted molar refractivity (Wildman–Crippen MR) is 61.7 cm³/mol. The van der Waals surface area contributed by atoms with E-state index in [1.165, 1.54) is 5.56 Å². The number of para-hydroxylation sites is 1. The van der Waals surface area contributed by atoms with Gasteiger partial charge in [-0.15, -0.1) is 0 Å². The first-order valence-electron chi connectivity index (χ1n) is 6.04. The summed E-state index contributed by atoms with van der Waals surface area (Å²) in [5.74, 6) is 1.41. The first-order chi connectivity index (χ1) is 7.80. The van der Waals surface area contributed by atoms with Crippen LogP contribution in [0.5, 0.6) is 5.75 Å². The summed E-state index contributed by atoms with van der Waals surface area (Å²) >= 11 is 0. The molecule has 84 valence electrons. The largest absolute Gasteiger partial charge is 0.493 e. The molecule has 3 rings (SSSR count). The minimum atomic E-state index is 0.0875. The second-order valence-electron chi connectivity index (χ2n) is 4.94. The highest BCUT2D eigenvalue weighted by molar-refractivity contribution is 5.81. The van der Waals surface area contributed by atoms with Crippen molar-refractivity contribution in [3.63, 3.8) is 0 Å². The fourth-order valence-electron chi connectivity index (χ4n) is 3.14. The lowest BCUT2D eigenvalue weighted by molar-refractivity contribution is -0.122. The maximum absolute atomic E-state index is 11.7. The molecule has 1 unspecified atom stereocenters. The van der Waals surface area contributed by atoms with Crippen molar-refractivity contribution in [2.45, 2.75) is 37.5 Å². The van der Waals surface area contributed by atoms with Gasteiger partial charge in [0, 0.05) is 23.8 Å². The number of ketones is 1. The number of ether oxygens (including phenoxy) is 1. The smallest absolute Gasteiger partial charge is 0.133 e. The minimum Gasteiger partial charge on any atom is -0.493 e. The maximum Gasteiger partial charge on any atom is 0.133 e. The van der Waals surface area contributed by atoms with Gasteiger partial charge in [-0.1, -0.05) is 18.2 Å². The van der Waals surface area contributed by atoms with E-state index in [-0.39, 0.29) is 5.41 Å². The van der Waals surface area contributed by atoms with Crippen molar-refractivity contribution in [2.24, 2.45) is 0 Å². The molecule has 0 amide bonds. The van der Waals surface area contributed by atoms with E-state index in [0.717, 1.165) is 38.0 Å². The first-order valence-corrected chi connectivity index (χ1v) is 6.04. The van der Waals surface area contributed by atoms with Crippen molar-refractivity contribution in [1.29, 1.82) is 0 Å². The minimum absolute atomic E-state index is 0.0875. The molecule has 0 N–H and O–H groups in total. The number of rotatable bonds is 0. The summed E-state index contributed by atoms with van der Waals surface area (Å²) in [4.78, 5) is 11.7. The molecule has 2 aliphatic rings. The molecule has 0 saturated heterocycles. The van der Waals surface area contributed by atoms with E-state index >= 15 is 0 Å². The Morgan fingerprint density at radius 1 is 1.19 bits per heavy atom. The molecule has 0 aromatic heterocycles. The van der Waals surface area contributed by atoms with E-state index in [1.807, 2.05) is 18.2 Å². The van der Waals surface area contributed by atoms with E-state index in [4.69, 9.17) is 4.74 Å². The lowest BCUT2D eigenvalue weighted by Gasteiger charge is -2.41. The Kier molecular flexibility index (Phi) is 2.23. The summed E-state index contributed by atoms with van der Waals surface area (Å²) in [7, 11) is 0. The van der Waals surface area contributed by atoms with Crippen LogP contribution >= 0.6 is 0 Å². The Hall–Kier alpha value is -1.31. The van der Waals surface area contributed by atoms with Crippen molar-refractivity contribution >= 4 is 5.78 Å². The lowest BCUT2D eigenvalue weighted by Crippen LogP contribution is -2.37. The zero-order valence-corrected chi connectivity index (χ0v) is 9.37. The number of hydrogen-bond acceptors (Lipinski definition) is 2. The summed E-state index contributed by atoms with van der Waals surface area (Å²) in [5, 5.41) is 0. The van der Waals surface area contributed by atoms with Gasteiger partial charge in [-0.3, -0.25) is 4.79 Å². The molecule has 1 spiro atoms. The van der Waals surface area contributed by atoms with Gasteiger partial charge in [-0.2, -0.15) is 0 Å². The Balaban J connectivity index is 2.05. The number of carbonyl (C=O) groups excluding carboxylic acids is 1. The average Bonchev–Trinajstić information content (AvgIpc) is 2.30. The van der Waals surface area contributed by atoms with Crippen LogP contribution in [0.2, 0.25) is 0 Å². The molecule has 1 aliphatic heterocycles. The van der Waals surface area contributed by atoms with E-state index in [2.05, 4.69) is 6.07 Å². The third-order valence-corrected chi connectivity index (χ3v) is 3.94. The van der Waals surface area contributed by atoms with E-state index in [0.29, 0.717) is 12.2 Å². The van der Waals surface area contributed by atoms with Gasteiger partial charge in [0.2, 0.25) is 0 Å². The van der Waals surface area contributed by atoms with Gasteiger partial charge < -0.3 is 4.74 Å². The quantitative estimate of drug-likeness (QED) is 0.666. The summed E-state index contributed by atoms with van der Waals surface area (Å²) in [6.45, 7) is 0.754. The molecule has 1 fully saturated rings. The van der Waals surface area contributed by atoms with Crippen molar-refractivity contribution < 1.29 is 9.53 Å². The van der Waals surface area contributed by atoms with Gasteiger partial charge in [0.1, 0.15) is 11.5 Å². The molecule has 1 saturated carbocycles.